The van der Waals surface area contributed by atoms with E-state index in [0.717, 1.165) is 25.9 Å². The van der Waals surface area contributed by atoms with Gasteiger partial charge in [-0.2, -0.15) is 0 Å². The summed E-state index contributed by atoms with van der Waals surface area (Å²) in [6.07, 6.45) is 9.50. The second-order valence-corrected chi connectivity index (χ2v) is 4.88. The van der Waals surface area contributed by atoms with Gasteiger partial charge in [-0.15, -0.1) is 0 Å². The first-order valence-corrected chi connectivity index (χ1v) is 6.53. The quantitative estimate of drug-likeness (QED) is 0.659. The van der Waals surface area contributed by atoms with Crippen molar-refractivity contribution < 1.29 is 9.84 Å². The smallest absolute Gasteiger partial charge is 0.0927 e. The third-order valence-electron chi connectivity index (χ3n) is 3.62. The van der Waals surface area contributed by atoms with Crippen molar-refractivity contribution in [3.8, 4) is 0 Å². The minimum atomic E-state index is -0.523. The lowest BCUT2D eigenvalue weighted by molar-refractivity contribution is -0.0345. The molecule has 0 aromatic rings. The molecule has 1 aliphatic heterocycles. The van der Waals surface area contributed by atoms with Gasteiger partial charge in [-0.05, 0) is 13.3 Å². The predicted octanol–water partition coefficient (Wildman–Crippen LogP) is 3.28. The van der Waals surface area contributed by atoms with Crippen molar-refractivity contribution in [1.82, 2.24) is 0 Å². The predicted molar refractivity (Wildman–Crippen MR) is 63.0 cm³/mol. The van der Waals surface area contributed by atoms with Crippen LogP contribution in [0.15, 0.2) is 0 Å². The molecule has 2 nitrogen and oxygen atoms in total. The Kier molecular flexibility index (Phi) is 5.62. The van der Waals surface area contributed by atoms with E-state index in [2.05, 4.69) is 6.92 Å². The fourth-order valence-electron chi connectivity index (χ4n) is 2.31. The molecule has 0 aliphatic carbocycles. The highest BCUT2D eigenvalue weighted by Gasteiger charge is 2.38. The van der Waals surface area contributed by atoms with Gasteiger partial charge in [0.25, 0.3) is 0 Å². The Hall–Kier alpha value is -0.0800. The van der Waals surface area contributed by atoms with E-state index < -0.39 is 5.60 Å². The molecular formula is C13H26O2. The topological polar surface area (TPSA) is 29.5 Å². The SMILES string of the molecule is CCCCCCCCC1(O)CCOC1C. The monoisotopic (exact) mass is 214 g/mol. The summed E-state index contributed by atoms with van der Waals surface area (Å²) in [7, 11) is 0. The minimum absolute atomic E-state index is 0.0353. The molecule has 0 bridgehead atoms. The van der Waals surface area contributed by atoms with E-state index in [1.54, 1.807) is 0 Å². The average Bonchev–Trinajstić information content (AvgIpc) is 2.54. The van der Waals surface area contributed by atoms with Gasteiger partial charge in [0.2, 0.25) is 0 Å². The molecule has 15 heavy (non-hydrogen) atoms. The Morgan fingerprint density at radius 2 is 1.87 bits per heavy atom. The van der Waals surface area contributed by atoms with Gasteiger partial charge in [0.1, 0.15) is 0 Å². The van der Waals surface area contributed by atoms with Gasteiger partial charge in [0, 0.05) is 13.0 Å². The average molecular weight is 214 g/mol. The summed E-state index contributed by atoms with van der Waals surface area (Å²) < 4.78 is 5.41. The first-order valence-electron chi connectivity index (χ1n) is 6.53. The van der Waals surface area contributed by atoms with Gasteiger partial charge < -0.3 is 9.84 Å². The van der Waals surface area contributed by atoms with Gasteiger partial charge in [-0.3, -0.25) is 0 Å². The van der Waals surface area contributed by atoms with E-state index >= 15 is 0 Å². The van der Waals surface area contributed by atoms with Crippen LogP contribution in [0.2, 0.25) is 0 Å². The van der Waals surface area contributed by atoms with Crippen LogP contribution in [0.5, 0.6) is 0 Å². The van der Waals surface area contributed by atoms with Crippen LogP contribution in [-0.2, 0) is 4.74 Å². The zero-order valence-corrected chi connectivity index (χ0v) is 10.3. The zero-order chi connectivity index (χ0) is 11.1. The van der Waals surface area contributed by atoms with Crippen molar-refractivity contribution in [3.63, 3.8) is 0 Å². The number of hydrogen-bond donors (Lipinski definition) is 1. The van der Waals surface area contributed by atoms with Crippen LogP contribution in [0.25, 0.3) is 0 Å². The fraction of sp³-hybridized carbons (Fsp3) is 1.00. The normalized spacial score (nSPS) is 31.0. The van der Waals surface area contributed by atoms with E-state index in [0.29, 0.717) is 0 Å². The second-order valence-electron chi connectivity index (χ2n) is 4.88. The van der Waals surface area contributed by atoms with Gasteiger partial charge in [-0.1, -0.05) is 45.4 Å². The van der Waals surface area contributed by atoms with Crippen LogP contribution in [0.4, 0.5) is 0 Å². The molecule has 0 aromatic carbocycles. The maximum atomic E-state index is 10.2. The highest BCUT2D eigenvalue weighted by Crippen LogP contribution is 2.30. The molecule has 0 spiro atoms. The summed E-state index contributed by atoms with van der Waals surface area (Å²) in [5.74, 6) is 0. The fourth-order valence-corrected chi connectivity index (χ4v) is 2.31. The van der Waals surface area contributed by atoms with Gasteiger partial charge in [0.05, 0.1) is 11.7 Å². The number of ether oxygens (including phenoxy) is 1. The maximum Gasteiger partial charge on any atom is 0.0927 e. The Morgan fingerprint density at radius 3 is 2.47 bits per heavy atom. The Morgan fingerprint density at radius 1 is 1.20 bits per heavy atom. The molecule has 0 radical (unpaired) electrons. The van der Waals surface area contributed by atoms with E-state index in [9.17, 15) is 5.11 Å². The summed E-state index contributed by atoms with van der Waals surface area (Å²) in [5.41, 5.74) is -0.523. The first kappa shape index (κ1) is 13.0. The molecule has 1 saturated heterocycles. The van der Waals surface area contributed by atoms with Gasteiger partial charge >= 0.3 is 0 Å². The molecule has 1 heterocycles. The Balaban J connectivity index is 2.04. The van der Waals surface area contributed by atoms with Crippen molar-refractivity contribution >= 4 is 0 Å². The second kappa shape index (κ2) is 6.49. The highest BCUT2D eigenvalue weighted by molar-refractivity contribution is 4.89. The molecule has 0 aromatic heterocycles. The molecule has 1 aliphatic rings. The van der Waals surface area contributed by atoms with E-state index in [1.165, 1.54) is 32.1 Å². The molecule has 90 valence electrons. The highest BCUT2D eigenvalue weighted by atomic mass is 16.5. The molecule has 2 unspecified atom stereocenters. The van der Waals surface area contributed by atoms with Crippen LogP contribution < -0.4 is 0 Å². The summed E-state index contributed by atoms with van der Waals surface area (Å²) in [6.45, 7) is 4.96. The molecule has 2 heteroatoms. The standard InChI is InChI=1S/C13H26O2/c1-3-4-5-6-7-8-9-13(14)10-11-15-12(13)2/h12,14H,3-11H2,1-2H3. The largest absolute Gasteiger partial charge is 0.387 e. The number of hydrogen-bond acceptors (Lipinski definition) is 2. The third kappa shape index (κ3) is 4.12. The van der Waals surface area contributed by atoms with E-state index in [4.69, 9.17) is 4.74 Å². The zero-order valence-electron chi connectivity index (χ0n) is 10.3. The van der Waals surface area contributed by atoms with Crippen molar-refractivity contribution in [3.05, 3.63) is 0 Å². The van der Waals surface area contributed by atoms with Crippen molar-refractivity contribution in [2.75, 3.05) is 6.61 Å². The van der Waals surface area contributed by atoms with Gasteiger partial charge in [-0.25, -0.2) is 0 Å². The van der Waals surface area contributed by atoms with E-state index in [1.807, 2.05) is 6.92 Å². The molecule has 1 fully saturated rings. The van der Waals surface area contributed by atoms with Crippen molar-refractivity contribution in [2.45, 2.75) is 76.9 Å². The van der Waals surface area contributed by atoms with Gasteiger partial charge in [0.15, 0.2) is 0 Å². The lowest BCUT2D eigenvalue weighted by Gasteiger charge is -2.25. The lowest BCUT2D eigenvalue weighted by atomic mass is 9.90. The minimum Gasteiger partial charge on any atom is -0.387 e. The maximum absolute atomic E-state index is 10.2. The van der Waals surface area contributed by atoms with Crippen LogP contribution in [0, 0.1) is 0 Å². The Labute approximate surface area is 94.0 Å². The van der Waals surface area contributed by atoms with Crippen LogP contribution in [0.1, 0.15) is 65.2 Å². The van der Waals surface area contributed by atoms with Crippen LogP contribution >= 0.6 is 0 Å². The Bertz CT molecular complexity index is 170. The molecule has 0 amide bonds. The molecule has 1 N–H and O–H groups in total. The van der Waals surface area contributed by atoms with Crippen molar-refractivity contribution in [1.29, 1.82) is 0 Å². The molecular weight excluding hydrogens is 188 g/mol. The summed E-state index contributed by atoms with van der Waals surface area (Å²) in [4.78, 5) is 0. The number of unbranched alkanes of at least 4 members (excludes halogenated alkanes) is 5. The molecule has 1 rings (SSSR count). The molecule has 0 saturated carbocycles. The summed E-state index contributed by atoms with van der Waals surface area (Å²) >= 11 is 0. The summed E-state index contributed by atoms with van der Waals surface area (Å²) in [6, 6.07) is 0. The van der Waals surface area contributed by atoms with Crippen molar-refractivity contribution in [2.24, 2.45) is 0 Å². The third-order valence-corrected chi connectivity index (χ3v) is 3.62. The molecule has 2 atom stereocenters. The first-order chi connectivity index (χ1) is 7.19. The number of rotatable bonds is 7. The van der Waals surface area contributed by atoms with E-state index in [-0.39, 0.29) is 6.10 Å². The van der Waals surface area contributed by atoms with Crippen LogP contribution in [0.3, 0.4) is 0 Å². The lowest BCUT2D eigenvalue weighted by Crippen LogP contribution is -2.35. The summed E-state index contributed by atoms with van der Waals surface area (Å²) in [5, 5.41) is 10.2. The van der Waals surface area contributed by atoms with Crippen LogP contribution in [-0.4, -0.2) is 23.4 Å². The number of aliphatic hydroxyl groups is 1.